The highest BCUT2D eigenvalue weighted by atomic mass is 32.2. The van der Waals surface area contributed by atoms with E-state index in [2.05, 4.69) is 12.2 Å². The van der Waals surface area contributed by atoms with Crippen LogP contribution in [0.3, 0.4) is 0 Å². The highest BCUT2D eigenvalue weighted by Crippen LogP contribution is 2.30. The van der Waals surface area contributed by atoms with E-state index >= 15 is 0 Å². The number of carbonyl (C=O) groups is 2. The Morgan fingerprint density at radius 1 is 1.10 bits per heavy atom. The van der Waals surface area contributed by atoms with Crippen LogP contribution in [0, 0.1) is 5.82 Å². The molecule has 2 atom stereocenters. The van der Waals surface area contributed by atoms with Gasteiger partial charge in [-0.2, -0.15) is 0 Å². The first-order valence-electron chi connectivity index (χ1n) is 10.3. The van der Waals surface area contributed by atoms with E-state index in [4.69, 9.17) is 4.99 Å². The molecule has 6 nitrogen and oxygen atoms in total. The molecule has 1 fully saturated rings. The lowest BCUT2D eigenvalue weighted by Crippen LogP contribution is -2.63. The van der Waals surface area contributed by atoms with Crippen LogP contribution in [0.15, 0.2) is 29.3 Å². The zero-order chi connectivity index (χ0) is 20.8. The lowest BCUT2D eigenvalue weighted by atomic mass is 10.1. The standard InChI is InChI=1S/C21H29FN4O2S/c1-3-4-5-6-7-8-13-26-17-18(25(2)20(28)24-19(17)27)23-21(26)29-14-15-9-11-16(22)12-10-15/h9-12,17-18H,3-8,13-14H2,1-2H3,(H,24,27,28). The van der Waals surface area contributed by atoms with Gasteiger partial charge in [0.25, 0.3) is 5.91 Å². The van der Waals surface area contributed by atoms with Gasteiger partial charge < -0.3 is 9.80 Å². The minimum absolute atomic E-state index is 0.260. The fraction of sp³-hybridized carbons (Fsp3) is 0.571. The van der Waals surface area contributed by atoms with Gasteiger partial charge in [0, 0.05) is 19.3 Å². The van der Waals surface area contributed by atoms with Crippen LogP contribution in [-0.4, -0.2) is 52.7 Å². The van der Waals surface area contributed by atoms with Crippen LogP contribution in [0.25, 0.3) is 0 Å². The number of amidine groups is 1. The molecule has 0 saturated carbocycles. The van der Waals surface area contributed by atoms with Gasteiger partial charge in [-0.1, -0.05) is 62.9 Å². The van der Waals surface area contributed by atoms with Gasteiger partial charge in [-0.15, -0.1) is 0 Å². The van der Waals surface area contributed by atoms with Gasteiger partial charge >= 0.3 is 6.03 Å². The van der Waals surface area contributed by atoms with Crippen molar-refractivity contribution in [2.75, 3.05) is 13.6 Å². The lowest BCUT2D eigenvalue weighted by molar-refractivity contribution is -0.127. The number of fused-ring (bicyclic) bond motifs is 1. The number of hydrogen-bond donors (Lipinski definition) is 1. The summed E-state index contributed by atoms with van der Waals surface area (Å²) in [6, 6.07) is 5.50. The number of rotatable bonds is 9. The Kier molecular flexibility index (Phi) is 7.52. The largest absolute Gasteiger partial charge is 0.336 e. The lowest BCUT2D eigenvalue weighted by Gasteiger charge is -2.36. The second-order valence-electron chi connectivity index (χ2n) is 7.55. The Balaban J connectivity index is 1.66. The molecule has 2 heterocycles. The summed E-state index contributed by atoms with van der Waals surface area (Å²) >= 11 is 1.53. The van der Waals surface area contributed by atoms with Gasteiger partial charge in [-0.05, 0) is 24.1 Å². The van der Waals surface area contributed by atoms with Crippen LogP contribution in [0.5, 0.6) is 0 Å². The summed E-state index contributed by atoms with van der Waals surface area (Å²) in [4.78, 5) is 32.8. The molecule has 3 amide bonds. The van der Waals surface area contributed by atoms with Crippen LogP contribution in [0.4, 0.5) is 9.18 Å². The molecule has 0 aliphatic carbocycles. The van der Waals surface area contributed by atoms with E-state index in [1.807, 2.05) is 4.90 Å². The first kappa shape index (κ1) is 21.6. The summed E-state index contributed by atoms with van der Waals surface area (Å²) in [6.07, 6.45) is 6.49. The average Bonchev–Trinajstić information content (AvgIpc) is 3.07. The van der Waals surface area contributed by atoms with Gasteiger partial charge in [0.15, 0.2) is 17.4 Å². The number of amides is 3. The number of thioether (sulfide) groups is 1. The Hall–Kier alpha value is -2.09. The van der Waals surface area contributed by atoms with E-state index in [9.17, 15) is 14.0 Å². The predicted octanol–water partition coefficient (Wildman–Crippen LogP) is 3.97. The molecule has 0 bridgehead atoms. The molecule has 1 aromatic rings. The van der Waals surface area contributed by atoms with Crippen LogP contribution in [0.1, 0.15) is 51.0 Å². The van der Waals surface area contributed by atoms with E-state index in [1.165, 1.54) is 54.5 Å². The highest BCUT2D eigenvalue weighted by molar-refractivity contribution is 8.13. The van der Waals surface area contributed by atoms with Gasteiger partial charge in [-0.25, -0.2) is 14.2 Å². The second kappa shape index (κ2) is 10.1. The molecule has 1 aromatic carbocycles. The number of nitrogens with zero attached hydrogens (tertiary/aromatic N) is 3. The van der Waals surface area contributed by atoms with Crippen LogP contribution in [-0.2, 0) is 10.5 Å². The molecule has 8 heteroatoms. The Morgan fingerprint density at radius 3 is 2.52 bits per heavy atom. The SMILES string of the molecule is CCCCCCCCN1C(SCc2ccc(F)cc2)=NC2C1C(=O)NC(=O)N2C. The number of urea groups is 1. The maximum Gasteiger partial charge on any atom is 0.325 e. The molecule has 2 unspecified atom stereocenters. The third-order valence-electron chi connectivity index (χ3n) is 5.36. The summed E-state index contributed by atoms with van der Waals surface area (Å²) in [6.45, 7) is 2.93. The monoisotopic (exact) mass is 420 g/mol. The number of halogens is 1. The van der Waals surface area contributed by atoms with E-state index < -0.39 is 18.2 Å². The number of hydrogen-bond acceptors (Lipinski definition) is 5. The molecule has 3 rings (SSSR count). The van der Waals surface area contributed by atoms with Crippen molar-refractivity contribution in [3.8, 4) is 0 Å². The smallest absolute Gasteiger partial charge is 0.325 e. The Labute approximate surface area is 175 Å². The minimum atomic E-state index is -0.493. The molecule has 2 aliphatic heterocycles. The van der Waals surface area contributed by atoms with Gasteiger partial charge in [0.2, 0.25) is 0 Å². The zero-order valence-corrected chi connectivity index (χ0v) is 17.9. The molecular weight excluding hydrogens is 391 g/mol. The Morgan fingerprint density at radius 2 is 1.79 bits per heavy atom. The van der Waals surface area contributed by atoms with Crippen LogP contribution in [0.2, 0.25) is 0 Å². The molecule has 0 aromatic heterocycles. The maximum absolute atomic E-state index is 13.1. The number of unbranched alkanes of at least 4 members (excludes halogenated alkanes) is 5. The fourth-order valence-corrected chi connectivity index (χ4v) is 4.69. The van der Waals surface area contributed by atoms with E-state index in [-0.39, 0.29) is 11.7 Å². The average molecular weight is 421 g/mol. The van der Waals surface area contributed by atoms with Crippen molar-refractivity contribution in [2.45, 2.75) is 63.4 Å². The molecule has 1 saturated heterocycles. The van der Waals surface area contributed by atoms with Crippen molar-refractivity contribution in [3.05, 3.63) is 35.6 Å². The third-order valence-corrected chi connectivity index (χ3v) is 6.43. The van der Waals surface area contributed by atoms with Crippen molar-refractivity contribution < 1.29 is 14.0 Å². The van der Waals surface area contributed by atoms with E-state index in [1.54, 1.807) is 19.2 Å². The fourth-order valence-electron chi connectivity index (χ4n) is 3.65. The summed E-state index contributed by atoms with van der Waals surface area (Å²) in [7, 11) is 1.67. The van der Waals surface area contributed by atoms with Crippen LogP contribution >= 0.6 is 11.8 Å². The number of aliphatic imine (C=N–C) groups is 1. The summed E-state index contributed by atoms with van der Waals surface area (Å²) in [5, 5.41) is 3.20. The summed E-state index contributed by atoms with van der Waals surface area (Å²) < 4.78 is 13.1. The molecular formula is C21H29FN4O2S. The van der Waals surface area contributed by atoms with Crippen LogP contribution < -0.4 is 5.32 Å². The van der Waals surface area contributed by atoms with Gasteiger partial charge in [0.05, 0.1) is 0 Å². The number of nitrogens with one attached hydrogen (secondary N) is 1. The normalized spacial score (nSPS) is 21.3. The molecule has 2 aliphatic rings. The second-order valence-corrected chi connectivity index (χ2v) is 8.49. The molecule has 29 heavy (non-hydrogen) atoms. The first-order chi connectivity index (χ1) is 14.0. The quantitative estimate of drug-likeness (QED) is 0.614. The van der Waals surface area contributed by atoms with Crippen molar-refractivity contribution in [1.82, 2.24) is 15.1 Å². The topological polar surface area (TPSA) is 65.0 Å². The summed E-state index contributed by atoms with van der Waals surface area (Å²) in [5.41, 5.74) is 0.988. The zero-order valence-electron chi connectivity index (χ0n) is 17.1. The van der Waals surface area contributed by atoms with Gasteiger partial charge in [-0.3, -0.25) is 10.1 Å². The van der Waals surface area contributed by atoms with Crippen molar-refractivity contribution in [3.63, 3.8) is 0 Å². The molecule has 0 radical (unpaired) electrons. The predicted molar refractivity (Wildman–Crippen MR) is 114 cm³/mol. The third kappa shape index (κ3) is 5.29. The first-order valence-corrected chi connectivity index (χ1v) is 11.3. The number of likely N-dealkylation sites (N-methyl/N-ethyl adjacent to an activating group) is 1. The molecule has 1 N–H and O–H groups in total. The number of carbonyl (C=O) groups excluding carboxylic acids is 2. The van der Waals surface area contributed by atoms with E-state index in [0.717, 1.165) is 30.1 Å². The highest BCUT2D eigenvalue weighted by Gasteiger charge is 2.48. The minimum Gasteiger partial charge on any atom is -0.336 e. The number of imide groups is 1. The molecule has 158 valence electrons. The maximum atomic E-state index is 13.1. The number of benzene rings is 1. The van der Waals surface area contributed by atoms with Crippen molar-refractivity contribution >= 4 is 28.9 Å². The van der Waals surface area contributed by atoms with Gasteiger partial charge in [0.1, 0.15) is 5.82 Å². The van der Waals surface area contributed by atoms with Crippen molar-refractivity contribution in [2.24, 2.45) is 4.99 Å². The van der Waals surface area contributed by atoms with E-state index in [0.29, 0.717) is 5.75 Å². The Bertz CT molecular complexity index is 756. The summed E-state index contributed by atoms with van der Waals surface area (Å²) in [5.74, 6) is 0.0832. The molecule has 0 spiro atoms. The van der Waals surface area contributed by atoms with Crippen molar-refractivity contribution in [1.29, 1.82) is 0 Å².